The minimum absolute atomic E-state index is 0.192. The summed E-state index contributed by atoms with van der Waals surface area (Å²) in [6, 6.07) is 8.16. The summed E-state index contributed by atoms with van der Waals surface area (Å²) in [6.07, 6.45) is 0. The highest BCUT2D eigenvalue weighted by molar-refractivity contribution is 6.36. The largest absolute Gasteiger partial charge is 0.478 e. The first-order chi connectivity index (χ1) is 9.88. The van der Waals surface area contributed by atoms with Gasteiger partial charge in [0, 0.05) is 17.2 Å². The first kappa shape index (κ1) is 15.1. The van der Waals surface area contributed by atoms with Crippen molar-refractivity contribution in [1.29, 1.82) is 0 Å². The summed E-state index contributed by atoms with van der Waals surface area (Å²) in [7, 11) is 0. The van der Waals surface area contributed by atoms with Gasteiger partial charge in [0.05, 0.1) is 26.9 Å². The predicted octanol–water partition coefficient (Wildman–Crippen LogP) is 4.34. The van der Waals surface area contributed by atoms with Gasteiger partial charge in [-0.3, -0.25) is 10.1 Å². The molecule has 0 amide bonds. The lowest BCUT2D eigenvalue weighted by molar-refractivity contribution is -0.384. The fourth-order valence-electron chi connectivity index (χ4n) is 1.67. The Labute approximate surface area is 129 Å². The van der Waals surface area contributed by atoms with E-state index < -0.39 is 10.9 Å². The molecule has 108 valence electrons. The first-order valence-corrected chi connectivity index (χ1v) is 6.38. The molecule has 0 atom stereocenters. The van der Waals surface area contributed by atoms with Gasteiger partial charge in [0.15, 0.2) is 0 Å². The topological polar surface area (TPSA) is 92.5 Å². The summed E-state index contributed by atoms with van der Waals surface area (Å²) in [5, 5.41) is 23.4. The van der Waals surface area contributed by atoms with E-state index in [1.165, 1.54) is 18.2 Å². The smallest absolute Gasteiger partial charge is 0.338 e. The summed E-state index contributed by atoms with van der Waals surface area (Å²) in [5.41, 5.74) is 0.102. The van der Waals surface area contributed by atoms with E-state index in [9.17, 15) is 14.9 Å². The van der Waals surface area contributed by atoms with Crippen LogP contribution >= 0.6 is 23.2 Å². The molecule has 2 aromatic carbocycles. The average molecular weight is 327 g/mol. The van der Waals surface area contributed by atoms with Gasteiger partial charge < -0.3 is 10.4 Å². The van der Waals surface area contributed by atoms with Crippen molar-refractivity contribution in [3.63, 3.8) is 0 Å². The number of non-ortho nitro benzene ring substituents is 1. The number of nitro benzene ring substituents is 1. The van der Waals surface area contributed by atoms with Gasteiger partial charge >= 0.3 is 5.97 Å². The van der Waals surface area contributed by atoms with Crippen LogP contribution in [-0.4, -0.2) is 16.0 Å². The van der Waals surface area contributed by atoms with Crippen LogP contribution in [0.1, 0.15) is 10.4 Å². The zero-order chi connectivity index (χ0) is 15.6. The third-order valence-corrected chi connectivity index (χ3v) is 3.19. The summed E-state index contributed by atoms with van der Waals surface area (Å²) in [5.74, 6) is -1.29. The maximum Gasteiger partial charge on any atom is 0.338 e. The number of rotatable bonds is 4. The molecule has 0 radical (unpaired) electrons. The number of aromatic carboxylic acids is 1. The Morgan fingerprint density at radius 1 is 1.14 bits per heavy atom. The second kappa shape index (κ2) is 5.99. The molecule has 0 fully saturated rings. The summed E-state index contributed by atoms with van der Waals surface area (Å²) in [4.78, 5) is 21.2. The summed E-state index contributed by atoms with van der Waals surface area (Å²) < 4.78 is 0. The average Bonchev–Trinajstić information content (AvgIpc) is 2.41. The van der Waals surface area contributed by atoms with Crippen LogP contribution in [0.25, 0.3) is 0 Å². The highest BCUT2D eigenvalue weighted by atomic mass is 35.5. The maximum absolute atomic E-state index is 11.2. The van der Waals surface area contributed by atoms with Crippen molar-refractivity contribution in [2.75, 3.05) is 5.32 Å². The number of carboxylic acids is 1. The van der Waals surface area contributed by atoms with Crippen molar-refractivity contribution in [3.05, 3.63) is 62.1 Å². The third kappa shape index (κ3) is 3.42. The van der Waals surface area contributed by atoms with Gasteiger partial charge in [-0.15, -0.1) is 0 Å². The minimum atomic E-state index is -1.29. The summed E-state index contributed by atoms with van der Waals surface area (Å²) in [6.45, 7) is 0. The van der Waals surface area contributed by atoms with E-state index in [-0.39, 0.29) is 16.9 Å². The highest BCUT2D eigenvalue weighted by Crippen LogP contribution is 2.31. The molecule has 21 heavy (non-hydrogen) atoms. The number of hydrogen-bond acceptors (Lipinski definition) is 4. The molecular formula is C13H8Cl2N2O4. The molecular weight excluding hydrogens is 319 g/mol. The van der Waals surface area contributed by atoms with Crippen LogP contribution in [0.5, 0.6) is 0 Å². The number of nitrogens with zero attached hydrogens (tertiary/aromatic N) is 1. The second-order valence-electron chi connectivity index (χ2n) is 4.04. The van der Waals surface area contributed by atoms with Crippen LogP contribution < -0.4 is 5.32 Å². The number of anilines is 2. The Hall–Kier alpha value is -2.31. The Balaban J connectivity index is 2.44. The quantitative estimate of drug-likeness (QED) is 0.643. The van der Waals surface area contributed by atoms with Gasteiger partial charge in [0.25, 0.3) is 5.69 Å². The van der Waals surface area contributed by atoms with Crippen LogP contribution in [0.3, 0.4) is 0 Å². The lowest BCUT2D eigenvalue weighted by Gasteiger charge is -2.11. The van der Waals surface area contributed by atoms with Crippen LogP contribution in [0.4, 0.5) is 17.1 Å². The molecule has 0 spiro atoms. The van der Waals surface area contributed by atoms with Gasteiger partial charge in [-0.05, 0) is 24.3 Å². The molecule has 2 N–H and O–H groups in total. The molecule has 0 aliphatic carbocycles. The molecule has 0 saturated carbocycles. The fourth-order valence-corrected chi connectivity index (χ4v) is 2.12. The Kier molecular flexibility index (Phi) is 4.30. The van der Waals surface area contributed by atoms with E-state index in [0.29, 0.717) is 15.7 Å². The van der Waals surface area contributed by atoms with Crippen LogP contribution in [0.2, 0.25) is 10.0 Å². The van der Waals surface area contributed by atoms with E-state index in [1.807, 2.05) is 0 Å². The number of carbonyl (C=O) groups is 1. The maximum atomic E-state index is 11.2. The van der Waals surface area contributed by atoms with Crippen molar-refractivity contribution in [2.24, 2.45) is 0 Å². The standard InChI is InChI=1S/C13H8Cl2N2O4/c14-7-1-3-12(10(15)5-7)16-11-4-2-8(17(20)21)6-9(11)13(18)19/h1-6,16H,(H,18,19). The molecule has 0 bridgehead atoms. The van der Waals surface area contributed by atoms with E-state index in [2.05, 4.69) is 5.32 Å². The predicted molar refractivity (Wildman–Crippen MR) is 79.8 cm³/mol. The Bertz CT molecular complexity index is 734. The number of carboxylic acid groups (broad SMARTS) is 1. The molecule has 0 heterocycles. The van der Waals surface area contributed by atoms with Gasteiger partial charge in [-0.1, -0.05) is 23.2 Å². The monoisotopic (exact) mass is 326 g/mol. The van der Waals surface area contributed by atoms with Gasteiger partial charge in [0.2, 0.25) is 0 Å². The van der Waals surface area contributed by atoms with E-state index in [4.69, 9.17) is 28.3 Å². The number of benzene rings is 2. The molecule has 0 saturated heterocycles. The van der Waals surface area contributed by atoms with Crippen LogP contribution in [0.15, 0.2) is 36.4 Å². The lowest BCUT2D eigenvalue weighted by atomic mass is 10.1. The first-order valence-electron chi connectivity index (χ1n) is 5.62. The minimum Gasteiger partial charge on any atom is -0.478 e. The van der Waals surface area contributed by atoms with E-state index in [0.717, 1.165) is 6.07 Å². The van der Waals surface area contributed by atoms with Crippen LogP contribution in [0, 0.1) is 10.1 Å². The van der Waals surface area contributed by atoms with Gasteiger partial charge in [-0.25, -0.2) is 4.79 Å². The lowest BCUT2D eigenvalue weighted by Crippen LogP contribution is -2.04. The molecule has 0 aliphatic rings. The molecule has 2 aromatic rings. The Morgan fingerprint density at radius 3 is 2.38 bits per heavy atom. The number of halogens is 2. The number of nitrogens with one attached hydrogen (secondary N) is 1. The second-order valence-corrected chi connectivity index (χ2v) is 4.88. The number of hydrogen-bond donors (Lipinski definition) is 2. The van der Waals surface area contributed by atoms with E-state index in [1.54, 1.807) is 12.1 Å². The van der Waals surface area contributed by atoms with Crippen LogP contribution in [-0.2, 0) is 0 Å². The molecule has 6 nitrogen and oxygen atoms in total. The molecule has 8 heteroatoms. The third-order valence-electron chi connectivity index (χ3n) is 2.64. The normalized spacial score (nSPS) is 10.2. The van der Waals surface area contributed by atoms with Gasteiger partial charge in [-0.2, -0.15) is 0 Å². The molecule has 0 aliphatic heterocycles. The van der Waals surface area contributed by atoms with Gasteiger partial charge in [0.1, 0.15) is 0 Å². The van der Waals surface area contributed by atoms with Crippen molar-refractivity contribution >= 4 is 46.2 Å². The van der Waals surface area contributed by atoms with Crippen molar-refractivity contribution in [1.82, 2.24) is 0 Å². The fraction of sp³-hybridized carbons (Fsp3) is 0. The molecule has 0 unspecified atom stereocenters. The van der Waals surface area contributed by atoms with Crippen molar-refractivity contribution in [2.45, 2.75) is 0 Å². The summed E-state index contributed by atoms with van der Waals surface area (Å²) >= 11 is 11.8. The number of nitro groups is 1. The Morgan fingerprint density at radius 2 is 1.81 bits per heavy atom. The van der Waals surface area contributed by atoms with Crippen molar-refractivity contribution in [3.8, 4) is 0 Å². The molecule has 0 aromatic heterocycles. The molecule has 2 rings (SSSR count). The zero-order valence-electron chi connectivity index (χ0n) is 10.3. The van der Waals surface area contributed by atoms with E-state index >= 15 is 0 Å². The highest BCUT2D eigenvalue weighted by Gasteiger charge is 2.16. The SMILES string of the molecule is O=C(O)c1cc([N+](=O)[O-])ccc1Nc1ccc(Cl)cc1Cl. The van der Waals surface area contributed by atoms with Crippen molar-refractivity contribution < 1.29 is 14.8 Å². The zero-order valence-corrected chi connectivity index (χ0v) is 11.9.